The van der Waals surface area contributed by atoms with Gasteiger partial charge >= 0.3 is 6.18 Å². The Hall–Kier alpha value is -2.35. The Labute approximate surface area is 173 Å². The first-order chi connectivity index (χ1) is 14.4. The van der Waals surface area contributed by atoms with E-state index in [1.807, 2.05) is 4.90 Å². The average molecular weight is 418 g/mol. The summed E-state index contributed by atoms with van der Waals surface area (Å²) in [7, 11) is 0. The van der Waals surface area contributed by atoms with E-state index in [2.05, 4.69) is 10.00 Å². The molecule has 2 aliphatic heterocycles. The third-order valence-corrected chi connectivity index (χ3v) is 6.53. The molecule has 0 N–H and O–H groups in total. The van der Waals surface area contributed by atoms with Gasteiger partial charge in [0, 0.05) is 25.0 Å². The highest BCUT2D eigenvalue weighted by Crippen LogP contribution is 2.43. The molecule has 1 saturated carbocycles. The first kappa shape index (κ1) is 19.6. The number of alkyl halides is 3. The molecule has 3 aliphatic rings. The predicted octanol–water partition coefficient (Wildman–Crippen LogP) is 4.08. The zero-order chi connectivity index (χ0) is 20.9. The van der Waals surface area contributed by atoms with Crippen molar-refractivity contribution in [2.75, 3.05) is 26.2 Å². The molecule has 1 aliphatic carbocycles. The van der Waals surface area contributed by atoms with Crippen molar-refractivity contribution in [3.05, 3.63) is 47.3 Å². The van der Waals surface area contributed by atoms with Gasteiger partial charge in [0.15, 0.2) is 0 Å². The van der Waals surface area contributed by atoms with E-state index in [0.717, 1.165) is 63.3 Å². The molecule has 160 valence electrons. The fraction of sp³-hybridized carbons (Fsp3) is 0.545. The zero-order valence-electron chi connectivity index (χ0n) is 16.7. The first-order valence-electron chi connectivity index (χ1n) is 10.7. The van der Waals surface area contributed by atoms with Crippen molar-refractivity contribution in [1.29, 1.82) is 0 Å². The minimum Gasteiger partial charge on any atom is -0.337 e. The van der Waals surface area contributed by atoms with E-state index in [1.165, 1.54) is 23.6 Å². The van der Waals surface area contributed by atoms with E-state index in [4.69, 9.17) is 0 Å². The summed E-state index contributed by atoms with van der Waals surface area (Å²) in [6.07, 6.45) is 2.41. The van der Waals surface area contributed by atoms with E-state index in [1.54, 1.807) is 12.3 Å². The smallest absolute Gasteiger partial charge is 0.337 e. The summed E-state index contributed by atoms with van der Waals surface area (Å²) in [6, 6.07) is 5.57. The third kappa shape index (κ3) is 3.62. The molecule has 2 aromatic rings. The Bertz CT molecular complexity index is 944. The second-order valence-corrected chi connectivity index (χ2v) is 8.61. The molecule has 0 spiro atoms. The lowest BCUT2D eigenvalue weighted by Gasteiger charge is -2.23. The van der Waals surface area contributed by atoms with Gasteiger partial charge in [0.2, 0.25) is 0 Å². The number of carbonyl (C=O) groups excluding carboxylic acids is 1. The molecule has 1 aromatic carbocycles. The number of benzene rings is 1. The van der Waals surface area contributed by atoms with E-state index >= 15 is 0 Å². The van der Waals surface area contributed by atoms with Crippen molar-refractivity contribution >= 4 is 5.91 Å². The molecule has 0 unspecified atom stereocenters. The lowest BCUT2D eigenvalue weighted by molar-refractivity contribution is -0.137. The maximum atomic E-state index is 13.3. The summed E-state index contributed by atoms with van der Waals surface area (Å²) in [6.45, 7) is 3.65. The molecule has 5 nitrogen and oxygen atoms in total. The van der Waals surface area contributed by atoms with Crippen LogP contribution in [-0.2, 0) is 6.18 Å². The van der Waals surface area contributed by atoms with Crippen LogP contribution in [0.3, 0.4) is 0 Å². The molecule has 30 heavy (non-hydrogen) atoms. The molecule has 1 aromatic heterocycles. The Balaban J connectivity index is 1.42. The van der Waals surface area contributed by atoms with Crippen LogP contribution in [0.4, 0.5) is 13.2 Å². The molecule has 8 heteroatoms. The van der Waals surface area contributed by atoms with Crippen molar-refractivity contribution in [3.8, 4) is 5.69 Å². The number of amides is 1. The highest BCUT2D eigenvalue weighted by molar-refractivity contribution is 5.95. The standard InChI is InChI=1S/C22H25F3N4O/c23-22(24,25)16-4-3-5-17(12-16)29-20(15-6-7-15)19(13-26-29)21(30)28-11-8-18(14-28)27-9-1-2-10-27/h3-5,12-13,15,18H,1-2,6-11,14H2/t18-/m1/s1. The minimum absolute atomic E-state index is 0.0446. The molecule has 2 saturated heterocycles. The number of aromatic nitrogens is 2. The van der Waals surface area contributed by atoms with Gasteiger partial charge in [-0.05, 0) is 63.4 Å². The average Bonchev–Trinajstić information content (AvgIpc) is 3.17. The normalized spacial score (nSPS) is 22.8. The molecule has 3 fully saturated rings. The molecule has 1 amide bonds. The van der Waals surface area contributed by atoms with Gasteiger partial charge in [-0.1, -0.05) is 6.07 Å². The van der Waals surface area contributed by atoms with Crippen LogP contribution in [0.15, 0.2) is 30.5 Å². The van der Waals surface area contributed by atoms with Crippen LogP contribution < -0.4 is 0 Å². The lowest BCUT2D eigenvalue weighted by atomic mass is 10.1. The number of rotatable bonds is 4. The highest BCUT2D eigenvalue weighted by Gasteiger charge is 2.38. The summed E-state index contributed by atoms with van der Waals surface area (Å²) in [4.78, 5) is 17.7. The number of halogens is 3. The van der Waals surface area contributed by atoms with Crippen LogP contribution in [0.5, 0.6) is 0 Å². The van der Waals surface area contributed by atoms with E-state index in [9.17, 15) is 18.0 Å². The van der Waals surface area contributed by atoms with Crippen LogP contribution in [0.1, 0.15) is 59.6 Å². The van der Waals surface area contributed by atoms with Crippen LogP contribution in [0.2, 0.25) is 0 Å². The number of likely N-dealkylation sites (tertiary alicyclic amines) is 2. The molecular weight excluding hydrogens is 393 g/mol. The number of hydrogen-bond donors (Lipinski definition) is 0. The fourth-order valence-electron chi connectivity index (χ4n) is 4.79. The van der Waals surface area contributed by atoms with Gasteiger partial charge in [0.25, 0.3) is 5.91 Å². The summed E-state index contributed by atoms with van der Waals surface area (Å²) >= 11 is 0. The molecule has 0 radical (unpaired) electrons. The van der Waals surface area contributed by atoms with E-state index < -0.39 is 11.7 Å². The molecule has 5 rings (SSSR count). The van der Waals surface area contributed by atoms with Crippen molar-refractivity contribution < 1.29 is 18.0 Å². The van der Waals surface area contributed by atoms with Gasteiger partial charge in [-0.15, -0.1) is 0 Å². The molecule has 3 heterocycles. The van der Waals surface area contributed by atoms with Crippen LogP contribution in [0, 0.1) is 0 Å². The second kappa shape index (κ2) is 7.41. The summed E-state index contributed by atoms with van der Waals surface area (Å²) in [5.41, 5.74) is 0.932. The topological polar surface area (TPSA) is 41.4 Å². The largest absolute Gasteiger partial charge is 0.416 e. The number of nitrogens with zero attached hydrogens (tertiary/aromatic N) is 4. The Kier molecular flexibility index (Phi) is 4.84. The lowest BCUT2D eigenvalue weighted by Crippen LogP contribution is -2.37. The van der Waals surface area contributed by atoms with Crippen molar-refractivity contribution in [3.63, 3.8) is 0 Å². The summed E-state index contributed by atoms with van der Waals surface area (Å²) < 4.78 is 41.0. The van der Waals surface area contributed by atoms with Gasteiger partial charge in [-0.3, -0.25) is 9.69 Å². The maximum absolute atomic E-state index is 13.3. The van der Waals surface area contributed by atoms with Gasteiger partial charge < -0.3 is 4.90 Å². The Morgan fingerprint density at radius 3 is 2.53 bits per heavy atom. The third-order valence-electron chi connectivity index (χ3n) is 6.53. The van der Waals surface area contributed by atoms with Gasteiger partial charge in [0.05, 0.1) is 28.7 Å². The maximum Gasteiger partial charge on any atom is 0.416 e. The fourth-order valence-corrected chi connectivity index (χ4v) is 4.79. The monoisotopic (exact) mass is 418 g/mol. The van der Waals surface area contributed by atoms with Gasteiger partial charge in [0.1, 0.15) is 0 Å². The molecule has 1 atom stereocenters. The van der Waals surface area contributed by atoms with Crippen molar-refractivity contribution in [2.45, 2.75) is 50.2 Å². The molecule has 0 bridgehead atoms. The zero-order valence-corrected chi connectivity index (χ0v) is 16.7. The van der Waals surface area contributed by atoms with E-state index in [0.29, 0.717) is 17.3 Å². The van der Waals surface area contributed by atoms with Crippen LogP contribution >= 0.6 is 0 Å². The van der Waals surface area contributed by atoms with Crippen molar-refractivity contribution in [2.24, 2.45) is 0 Å². The Morgan fingerprint density at radius 2 is 1.83 bits per heavy atom. The van der Waals surface area contributed by atoms with E-state index in [-0.39, 0.29) is 11.8 Å². The number of hydrogen-bond acceptors (Lipinski definition) is 3. The second-order valence-electron chi connectivity index (χ2n) is 8.61. The van der Waals surface area contributed by atoms with Crippen LogP contribution in [0.25, 0.3) is 5.69 Å². The Morgan fingerprint density at radius 1 is 1.07 bits per heavy atom. The summed E-state index contributed by atoms with van der Waals surface area (Å²) in [5, 5.41) is 4.35. The number of carbonyl (C=O) groups is 1. The quantitative estimate of drug-likeness (QED) is 0.752. The minimum atomic E-state index is -4.41. The molecular formula is C22H25F3N4O. The van der Waals surface area contributed by atoms with Gasteiger partial charge in [-0.25, -0.2) is 4.68 Å². The summed E-state index contributed by atoms with van der Waals surface area (Å²) in [5.74, 6) is 0.134. The highest BCUT2D eigenvalue weighted by atomic mass is 19.4. The van der Waals surface area contributed by atoms with Crippen LogP contribution in [-0.4, -0.2) is 57.7 Å². The predicted molar refractivity (Wildman–Crippen MR) is 106 cm³/mol. The first-order valence-corrected chi connectivity index (χ1v) is 10.7. The van der Waals surface area contributed by atoms with Crippen molar-refractivity contribution in [1.82, 2.24) is 19.6 Å². The SMILES string of the molecule is O=C(c1cnn(-c2cccc(C(F)(F)F)c2)c1C1CC1)N1CC[C@@H](N2CCCC2)C1. The van der Waals surface area contributed by atoms with Gasteiger partial charge in [-0.2, -0.15) is 18.3 Å².